The quantitative estimate of drug-likeness (QED) is 0.126. The van der Waals surface area contributed by atoms with E-state index in [0.29, 0.717) is 17.5 Å². The molecule has 0 saturated carbocycles. The summed E-state index contributed by atoms with van der Waals surface area (Å²) in [6.45, 7) is 0. The summed E-state index contributed by atoms with van der Waals surface area (Å²) in [4.78, 5) is 16.3. The van der Waals surface area contributed by atoms with E-state index in [1.165, 1.54) is 58.4 Å². The molecular formula is C53H33N3S. The lowest BCUT2D eigenvalue weighted by molar-refractivity contribution is 1.07. The number of aromatic nitrogens is 3. The van der Waals surface area contributed by atoms with Gasteiger partial charge in [-0.1, -0.05) is 176 Å². The van der Waals surface area contributed by atoms with Crippen molar-refractivity contribution in [2.45, 2.75) is 0 Å². The second-order valence-corrected chi connectivity index (χ2v) is 15.5. The van der Waals surface area contributed by atoms with E-state index >= 15 is 0 Å². The maximum Gasteiger partial charge on any atom is 0.164 e. The molecule has 57 heavy (non-hydrogen) atoms. The molecule has 9 aromatic carbocycles. The zero-order valence-corrected chi connectivity index (χ0v) is 31.6. The minimum Gasteiger partial charge on any atom is -0.208 e. The standard InChI is InChI=1S/C53H33N3S/c1-2-12-38(13-3-1)51-54-52(56-53(55-51)43-17-10-16-41(31-43)49-33-42-15-6-9-20-48(42)57-49)39-27-23-35(24-28-39)34-21-25-37(26-22-34)50-45-19-8-5-14-40(45)32-47-44-18-7-4-11-36(44)29-30-46(47)50/h1-33H. The molecule has 0 fully saturated rings. The number of hydrogen-bond acceptors (Lipinski definition) is 4. The Morgan fingerprint density at radius 1 is 0.281 bits per heavy atom. The third-order valence-electron chi connectivity index (χ3n) is 10.9. The lowest BCUT2D eigenvalue weighted by Gasteiger charge is -2.14. The molecule has 0 unspecified atom stereocenters. The van der Waals surface area contributed by atoms with Crippen LogP contribution < -0.4 is 0 Å². The normalized spacial score (nSPS) is 11.5. The highest BCUT2D eigenvalue weighted by molar-refractivity contribution is 7.22. The predicted molar refractivity (Wildman–Crippen MR) is 240 cm³/mol. The van der Waals surface area contributed by atoms with Gasteiger partial charge in [-0.25, -0.2) is 15.0 Å². The van der Waals surface area contributed by atoms with Crippen molar-refractivity contribution < 1.29 is 0 Å². The van der Waals surface area contributed by atoms with E-state index in [9.17, 15) is 0 Å². The van der Waals surface area contributed by atoms with E-state index in [1.54, 1.807) is 11.3 Å². The van der Waals surface area contributed by atoms with E-state index in [4.69, 9.17) is 15.0 Å². The van der Waals surface area contributed by atoms with E-state index < -0.39 is 0 Å². The van der Waals surface area contributed by atoms with Gasteiger partial charge in [-0.3, -0.25) is 0 Å². The van der Waals surface area contributed by atoms with Gasteiger partial charge in [0.05, 0.1) is 0 Å². The Morgan fingerprint density at radius 3 is 1.56 bits per heavy atom. The molecule has 11 rings (SSSR count). The van der Waals surface area contributed by atoms with Gasteiger partial charge < -0.3 is 0 Å². The lowest BCUT2D eigenvalue weighted by atomic mass is 9.89. The second-order valence-electron chi connectivity index (χ2n) is 14.4. The zero-order valence-electron chi connectivity index (χ0n) is 30.8. The zero-order chi connectivity index (χ0) is 37.7. The first-order chi connectivity index (χ1) is 28.2. The van der Waals surface area contributed by atoms with Gasteiger partial charge in [0.15, 0.2) is 17.5 Å². The minimum absolute atomic E-state index is 0.642. The van der Waals surface area contributed by atoms with Crippen molar-refractivity contribution in [1.29, 1.82) is 0 Å². The summed E-state index contributed by atoms with van der Waals surface area (Å²) in [7, 11) is 0. The van der Waals surface area contributed by atoms with Crippen molar-refractivity contribution in [2.24, 2.45) is 0 Å². The van der Waals surface area contributed by atoms with Crippen LogP contribution in [0.3, 0.4) is 0 Å². The van der Waals surface area contributed by atoms with Crippen LogP contribution in [0.15, 0.2) is 200 Å². The lowest BCUT2D eigenvalue weighted by Crippen LogP contribution is -2.00. The number of fused-ring (bicyclic) bond motifs is 5. The highest BCUT2D eigenvalue weighted by atomic mass is 32.1. The molecule has 11 aromatic rings. The number of nitrogens with zero attached hydrogens (tertiary/aromatic N) is 3. The predicted octanol–water partition coefficient (Wildman–Crippen LogP) is 14.5. The van der Waals surface area contributed by atoms with Gasteiger partial charge in [0.25, 0.3) is 0 Å². The van der Waals surface area contributed by atoms with Gasteiger partial charge in [0.1, 0.15) is 0 Å². The van der Waals surface area contributed by atoms with Crippen molar-refractivity contribution in [1.82, 2.24) is 15.0 Å². The summed E-state index contributed by atoms with van der Waals surface area (Å²) in [6.07, 6.45) is 0. The van der Waals surface area contributed by atoms with Crippen LogP contribution in [-0.4, -0.2) is 15.0 Å². The summed E-state index contributed by atoms with van der Waals surface area (Å²) in [6, 6.07) is 71.3. The van der Waals surface area contributed by atoms with Crippen molar-refractivity contribution >= 4 is 53.7 Å². The molecule has 0 saturated heterocycles. The fourth-order valence-electron chi connectivity index (χ4n) is 8.06. The Balaban J connectivity index is 0.952. The first-order valence-electron chi connectivity index (χ1n) is 19.2. The van der Waals surface area contributed by atoms with E-state index in [0.717, 1.165) is 33.4 Å². The van der Waals surface area contributed by atoms with Gasteiger partial charge in [0, 0.05) is 26.3 Å². The highest BCUT2D eigenvalue weighted by Gasteiger charge is 2.15. The SMILES string of the molecule is c1ccc(-c2nc(-c3ccc(-c4ccc(-c5c6ccccc6cc6c5ccc5ccccc56)cc4)cc3)nc(-c3cccc(-c4cc5ccccc5s4)c3)n2)cc1. The molecule has 4 heteroatoms. The average Bonchev–Trinajstić information content (AvgIpc) is 3.73. The topological polar surface area (TPSA) is 38.7 Å². The molecule has 0 amide bonds. The van der Waals surface area contributed by atoms with Crippen LogP contribution in [-0.2, 0) is 0 Å². The summed E-state index contributed by atoms with van der Waals surface area (Å²) >= 11 is 1.80. The first kappa shape index (κ1) is 33.1. The number of thiophene rings is 1. The summed E-state index contributed by atoms with van der Waals surface area (Å²) in [5.41, 5.74) is 8.75. The number of rotatable bonds is 6. The van der Waals surface area contributed by atoms with Gasteiger partial charge >= 0.3 is 0 Å². The molecule has 0 aliphatic heterocycles. The Bertz CT molecular complexity index is 3240. The molecule has 0 N–H and O–H groups in total. The molecule has 0 bridgehead atoms. The van der Waals surface area contributed by atoms with Gasteiger partial charge in [-0.15, -0.1) is 11.3 Å². The second kappa shape index (κ2) is 13.8. The molecule has 3 nitrogen and oxygen atoms in total. The minimum atomic E-state index is 0.642. The molecule has 0 spiro atoms. The van der Waals surface area contributed by atoms with Crippen LogP contribution in [0.4, 0.5) is 0 Å². The molecule has 0 aliphatic rings. The van der Waals surface area contributed by atoms with Crippen molar-refractivity contribution in [2.75, 3.05) is 0 Å². The molecule has 0 radical (unpaired) electrons. The fraction of sp³-hybridized carbons (Fsp3) is 0. The van der Waals surface area contributed by atoms with Crippen LogP contribution in [0.1, 0.15) is 0 Å². The molecule has 2 heterocycles. The van der Waals surface area contributed by atoms with Crippen LogP contribution in [0.2, 0.25) is 0 Å². The van der Waals surface area contributed by atoms with Gasteiger partial charge in [0.2, 0.25) is 0 Å². The summed E-state index contributed by atoms with van der Waals surface area (Å²) < 4.78 is 1.28. The van der Waals surface area contributed by atoms with Crippen LogP contribution in [0, 0.1) is 0 Å². The molecule has 0 atom stereocenters. The molecule has 2 aromatic heterocycles. The Hall–Kier alpha value is -7.27. The van der Waals surface area contributed by atoms with Crippen LogP contribution >= 0.6 is 11.3 Å². The van der Waals surface area contributed by atoms with Gasteiger partial charge in [-0.2, -0.15) is 0 Å². The van der Waals surface area contributed by atoms with Crippen molar-refractivity contribution in [3.8, 4) is 66.9 Å². The van der Waals surface area contributed by atoms with E-state index in [1.807, 2.05) is 30.3 Å². The number of benzene rings is 9. The third kappa shape index (κ3) is 6.04. The maximum absolute atomic E-state index is 5.07. The fourth-order valence-corrected chi connectivity index (χ4v) is 9.12. The van der Waals surface area contributed by atoms with Gasteiger partial charge in [-0.05, 0) is 89.8 Å². The first-order valence-corrected chi connectivity index (χ1v) is 20.0. The summed E-state index contributed by atoms with van der Waals surface area (Å²) in [5.74, 6) is 1.94. The average molecular weight is 744 g/mol. The van der Waals surface area contributed by atoms with Crippen molar-refractivity contribution in [3.05, 3.63) is 200 Å². The smallest absolute Gasteiger partial charge is 0.164 e. The number of hydrogen-bond donors (Lipinski definition) is 0. The van der Waals surface area contributed by atoms with E-state index in [-0.39, 0.29) is 0 Å². The van der Waals surface area contributed by atoms with Crippen LogP contribution in [0.5, 0.6) is 0 Å². The summed E-state index contributed by atoms with van der Waals surface area (Å²) in [5, 5.41) is 8.84. The molecule has 266 valence electrons. The Morgan fingerprint density at radius 2 is 0.825 bits per heavy atom. The monoisotopic (exact) mass is 743 g/mol. The largest absolute Gasteiger partial charge is 0.208 e. The Kier molecular flexibility index (Phi) is 8.01. The molecule has 0 aliphatic carbocycles. The molecular weight excluding hydrogens is 711 g/mol. The highest BCUT2D eigenvalue weighted by Crippen LogP contribution is 2.40. The van der Waals surface area contributed by atoms with Crippen molar-refractivity contribution in [3.63, 3.8) is 0 Å². The van der Waals surface area contributed by atoms with E-state index in [2.05, 4.69) is 170 Å². The van der Waals surface area contributed by atoms with Crippen LogP contribution in [0.25, 0.3) is 109 Å². The third-order valence-corrected chi connectivity index (χ3v) is 12.1. The Labute approximate surface area is 334 Å². The maximum atomic E-state index is 5.07.